The number of methoxy groups -OCH3 is 1. The molecule has 3 rings (SSSR count). The van der Waals surface area contributed by atoms with E-state index in [9.17, 15) is 14.9 Å². The molecule has 0 radical (unpaired) electrons. The molecular weight excluding hydrogens is 374 g/mol. The first-order valence-electron chi connectivity index (χ1n) is 8.77. The first-order valence-corrected chi connectivity index (χ1v) is 8.77. The first kappa shape index (κ1) is 19.8. The van der Waals surface area contributed by atoms with Crippen LogP contribution < -0.4 is 10.2 Å². The van der Waals surface area contributed by atoms with Gasteiger partial charge < -0.3 is 9.15 Å². The highest BCUT2D eigenvalue weighted by Crippen LogP contribution is 2.30. The summed E-state index contributed by atoms with van der Waals surface area (Å²) < 4.78 is 10.8. The number of rotatable bonds is 7. The molecule has 0 aliphatic rings. The molecule has 0 unspecified atom stereocenters. The highest BCUT2D eigenvalue weighted by Gasteiger charge is 2.16. The molecule has 0 saturated carbocycles. The van der Waals surface area contributed by atoms with E-state index in [4.69, 9.17) is 9.15 Å². The molecule has 0 saturated heterocycles. The Labute approximate surface area is 167 Å². The summed E-state index contributed by atoms with van der Waals surface area (Å²) in [7, 11) is 1.58. The van der Waals surface area contributed by atoms with Gasteiger partial charge in [-0.3, -0.25) is 14.9 Å². The minimum atomic E-state index is -0.428. The van der Waals surface area contributed by atoms with E-state index in [1.165, 1.54) is 12.3 Å². The van der Waals surface area contributed by atoms with Crippen LogP contribution in [-0.4, -0.2) is 24.2 Å². The van der Waals surface area contributed by atoms with Gasteiger partial charge in [0.1, 0.15) is 17.3 Å². The second-order valence-electron chi connectivity index (χ2n) is 6.23. The lowest BCUT2D eigenvalue weighted by Gasteiger charge is -2.03. The van der Waals surface area contributed by atoms with Gasteiger partial charge in [0.25, 0.3) is 5.69 Å². The van der Waals surface area contributed by atoms with Crippen LogP contribution in [0, 0.1) is 17.0 Å². The van der Waals surface area contributed by atoms with Gasteiger partial charge >= 0.3 is 0 Å². The zero-order chi connectivity index (χ0) is 20.8. The highest BCUT2D eigenvalue weighted by molar-refractivity contribution is 5.82. The van der Waals surface area contributed by atoms with E-state index in [2.05, 4.69) is 10.5 Å². The zero-order valence-corrected chi connectivity index (χ0v) is 15.9. The smallest absolute Gasteiger partial charge is 0.273 e. The minimum absolute atomic E-state index is 0.0277. The van der Waals surface area contributed by atoms with Crippen LogP contribution in [0.25, 0.3) is 11.3 Å². The third-order valence-electron chi connectivity index (χ3n) is 4.30. The van der Waals surface area contributed by atoms with Gasteiger partial charge in [-0.1, -0.05) is 24.3 Å². The molecule has 1 heterocycles. The molecule has 0 aliphatic carbocycles. The molecule has 1 N–H and O–H groups in total. The second-order valence-corrected chi connectivity index (χ2v) is 6.23. The summed E-state index contributed by atoms with van der Waals surface area (Å²) in [5, 5.41) is 15.0. The number of carbonyl (C=O) groups is 1. The summed E-state index contributed by atoms with van der Waals surface area (Å²) in [4.78, 5) is 22.6. The predicted molar refractivity (Wildman–Crippen MR) is 108 cm³/mol. The molecule has 3 aromatic rings. The maximum absolute atomic E-state index is 12.0. The quantitative estimate of drug-likeness (QED) is 0.373. The molecule has 1 amide bonds. The Kier molecular flexibility index (Phi) is 6.03. The Morgan fingerprint density at radius 2 is 1.97 bits per heavy atom. The van der Waals surface area contributed by atoms with Crippen LogP contribution >= 0.6 is 0 Å². The third-order valence-corrected chi connectivity index (χ3v) is 4.30. The normalized spacial score (nSPS) is 10.8. The summed E-state index contributed by atoms with van der Waals surface area (Å²) in [5.41, 5.74) is 4.45. The topological polar surface area (TPSA) is 107 Å². The van der Waals surface area contributed by atoms with Crippen molar-refractivity contribution in [1.29, 1.82) is 0 Å². The van der Waals surface area contributed by atoms with Gasteiger partial charge in [-0.15, -0.1) is 0 Å². The molecule has 0 atom stereocenters. The predicted octanol–water partition coefficient (Wildman–Crippen LogP) is 3.86. The number of hydrogen-bond donors (Lipinski definition) is 1. The molecule has 0 aliphatic heterocycles. The zero-order valence-electron chi connectivity index (χ0n) is 15.9. The van der Waals surface area contributed by atoms with Crippen molar-refractivity contribution in [3.63, 3.8) is 0 Å². The van der Waals surface area contributed by atoms with Crippen molar-refractivity contribution in [3.05, 3.63) is 81.6 Å². The van der Waals surface area contributed by atoms with Crippen molar-refractivity contribution >= 4 is 17.8 Å². The van der Waals surface area contributed by atoms with Gasteiger partial charge in [0.2, 0.25) is 5.91 Å². The molecule has 0 spiro atoms. The van der Waals surface area contributed by atoms with Crippen molar-refractivity contribution < 1.29 is 18.9 Å². The maximum atomic E-state index is 12.0. The molecule has 8 nitrogen and oxygen atoms in total. The number of hydrogen-bond acceptors (Lipinski definition) is 6. The number of ether oxygens (including phenoxy) is 1. The number of furan rings is 1. The number of nitrogens with one attached hydrogen (secondary N) is 1. The number of nitro groups is 1. The first-order chi connectivity index (χ1) is 14.0. The molecule has 8 heteroatoms. The Hall–Kier alpha value is -3.94. The molecule has 29 heavy (non-hydrogen) atoms. The van der Waals surface area contributed by atoms with Crippen LogP contribution in [0.1, 0.15) is 16.9 Å². The van der Waals surface area contributed by atoms with E-state index in [1.54, 1.807) is 50.4 Å². The Bertz CT molecular complexity index is 1050. The SMILES string of the molecule is COc1ccc(CC(=O)N/N=C/c2ccc(-c3cccc([N+](=O)[O-])c3C)o2)cc1. The van der Waals surface area contributed by atoms with Crippen molar-refractivity contribution in [2.24, 2.45) is 5.10 Å². The molecular formula is C21H19N3O5. The Morgan fingerprint density at radius 1 is 1.21 bits per heavy atom. The van der Waals surface area contributed by atoms with E-state index < -0.39 is 4.92 Å². The molecule has 1 aromatic heterocycles. The second kappa shape index (κ2) is 8.83. The van der Waals surface area contributed by atoms with Crippen LogP contribution in [0.15, 0.2) is 64.1 Å². The van der Waals surface area contributed by atoms with Crippen LogP contribution in [-0.2, 0) is 11.2 Å². The van der Waals surface area contributed by atoms with Crippen molar-refractivity contribution in [1.82, 2.24) is 5.43 Å². The largest absolute Gasteiger partial charge is 0.497 e. The van der Waals surface area contributed by atoms with Crippen LogP contribution in [0.5, 0.6) is 5.75 Å². The summed E-state index contributed by atoms with van der Waals surface area (Å²) in [6, 6.07) is 15.4. The molecule has 0 bridgehead atoms. The lowest BCUT2D eigenvalue weighted by molar-refractivity contribution is -0.385. The average Bonchev–Trinajstić information content (AvgIpc) is 3.17. The maximum Gasteiger partial charge on any atom is 0.273 e. The van der Waals surface area contributed by atoms with Gasteiger partial charge in [0, 0.05) is 17.2 Å². The lowest BCUT2D eigenvalue weighted by Crippen LogP contribution is -2.19. The molecule has 148 valence electrons. The van der Waals surface area contributed by atoms with E-state index >= 15 is 0 Å². The number of amides is 1. The number of hydrazone groups is 1. The molecule has 2 aromatic carbocycles. The summed E-state index contributed by atoms with van der Waals surface area (Å²) in [6.07, 6.45) is 1.56. The standard InChI is InChI=1S/C21H19N3O5/c1-14-18(4-3-5-19(14)24(26)27)20-11-10-17(29-20)13-22-23-21(25)12-15-6-8-16(28-2)9-7-15/h3-11,13H,12H2,1-2H3,(H,23,25)/b22-13+. The van der Waals surface area contributed by atoms with Crippen molar-refractivity contribution in [2.75, 3.05) is 7.11 Å². The fourth-order valence-electron chi connectivity index (χ4n) is 2.79. The van der Waals surface area contributed by atoms with Crippen molar-refractivity contribution in [3.8, 4) is 17.1 Å². The average molecular weight is 393 g/mol. The third kappa shape index (κ3) is 4.86. The number of benzene rings is 2. The lowest BCUT2D eigenvalue weighted by atomic mass is 10.1. The summed E-state index contributed by atoms with van der Waals surface area (Å²) in [6.45, 7) is 1.67. The summed E-state index contributed by atoms with van der Waals surface area (Å²) in [5.74, 6) is 1.35. The van der Waals surface area contributed by atoms with Crippen LogP contribution in [0.2, 0.25) is 0 Å². The highest BCUT2D eigenvalue weighted by atomic mass is 16.6. The fourth-order valence-corrected chi connectivity index (χ4v) is 2.79. The number of nitro benzene ring substituents is 1. The van der Waals surface area contributed by atoms with Crippen LogP contribution in [0.3, 0.4) is 0 Å². The van der Waals surface area contributed by atoms with E-state index in [0.29, 0.717) is 22.6 Å². The Morgan fingerprint density at radius 3 is 2.66 bits per heavy atom. The van der Waals surface area contributed by atoms with Crippen molar-refractivity contribution in [2.45, 2.75) is 13.3 Å². The van der Waals surface area contributed by atoms with Gasteiger partial charge in [-0.05, 0) is 36.8 Å². The van der Waals surface area contributed by atoms with Gasteiger partial charge in [0.05, 0.1) is 24.7 Å². The number of carbonyl (C=O) groups excluding carboxylic acids is 1. The fraction of sp³-hybridized carbons (Fsp3) is 0.143. The summed E-state index contributed by atoms with van der Waals surface area (Å²) >= 11 is 0. The van der Waals surface area contributed by atoms with E-state index in [1.807, 2.05) is 12.1 Å². The monoisotopic (exact) mass is 393 g/mol. The van der Waals surface area contributed by atoms with E-state index in [0.717, 1.165) is 11.3 Å². The molecule has 0 fully saturated rings. The van der Waals surface area contributed by atoms with Gasteiger partial charge in [0.15, 0.2) is 0 Å². The van der Waals surface area contributed by atoms with Gasteiger partial charge in [-0.2, -0.15) is 5.10 Å². The minimum Gasteiger partial charge on any atom is -0.497 e. The van der Waals surface area contributed by atoms with Gasteiger partial charge in [-0.25, -0.2) is 5.43 Å². The Balaban J connectivity index is 1.62. The van der Waals surface area contributed by atoms with E-state index in [-0.39, 0.29) is 18.0 Å². The van der Waals surface area contributed by atoms with Crippen LogP contribution in [0.4, 0.5) is 5.69 Å². The number of nitrogens with zero attached hydrogens (tertiary/aromatic N) is 2.